The van der Waals surface area contributed by atoms with E-state index >= 15 is 0 Å². The van der Waals surface area contributed by atoms with Crippen LogP contribution in [-0.4, -0.2) is 0 Å². The van der Waals surface area contributed by atoms with Gasteiger partial charge in [-0.25, -0.2) is 0 Å². The third kappa shape index (κ3) is 1.73. The van der Waals surface area contributed by atoms with Crippen molar-refractivity contribution in [2.75, 3.05) is 0 Å². The van der Waals surface area contributed by atoms with Gasteiger partial charge in [0.05, 0.1) is 0 Å². The molecule has 0 aliphatic rings. The molecule has 0 aromatic heterocycles. The summed E-state index contributed by atoms with van der Waals surface area (Å²) in [5.74, 6) is 0. The van der Waals surface area contributed by atoms with Crippen molar-refractivity contribution in [2.45, 2.75) is 11.4 Å². The highest BCUT2D eigenvalue weighted by atomic mass is 32.1. The summed E-state index contributed by atoms with van der Waals surface area (Å²) in [5.41, 5.74) is 6.55. The lowest BCUT2D eigenvalue weighted by Crippen LogP contribution is -1.94. The Kier molecular flexibility index (Phi) is 2.14. The first-order valence-corrected chi connectivity index (χ1v) is 3.33. The van der Waals surface area contributed by atoms with Crippen molar-refractivity contribution in [3.8, 4) is 0 Å². The van der Waals surface area contributed by atoms with Crippen LogP contribution in [0.1, 0.15) is 5.56 Å². The van der Waals surface area contributed by atoms with Gasteiger partial charge in [0.25, 0.3) is 0 Å². The molecule has 0 aliphatic heterocycles. The normalized spacial score (nSPS) is 9.56. The maximum atomic E-state index is 5.38. The third-order valence-electron chi connectivity index (χ3n) is 1.19. The van der Waals surface area contributed by atoms with E-state index in [0.29, 0.717) is 6.54 Å². The summed E-state index contributed by atoms with van der Waals surface area (Å²) in [4.78, 5) is 1.09. The van der Waals surface area contributed by atoms with Crippen LogP contribution < -0.4 is 5.73 Å². The molecule has 0 fully saturated rings. The maximum absolute atomic E-state index is 5.38. The second-order valence-electron chi connectivity index (χ2n) is 1.90. The molecule has 1 rings (SSSR count). The van der Waals surface area contributed by atoms with E-state index in [2.05, 4.69) is 12.6 Å². The maximum Gasteiger partial charge on any atom is 0.150 e. The molecule has 1 aromatic carbocycles. The minimum atomic E-state index is 0.618. The molecule has 2 N–H and O–H groups in total. The Balaban J connectivity index is 2.88. The van der Waals surface area contributed by atoms with E-state index in [0.717, 1.165) is 10.5 Å². The summed E-state index contributed by atoms with van der Waals surface area (Å²) in [6.45, 7) is 0.618. The number of rotatable bonds is 1. The van der Waals surface area contributed by atoms with Crippen LogP contribution in [0.3, 0.4) is 0 Å². The van der Waals surface area contributed by atoms with Gasteiger partial charge in [0.1, 0.15) is 4.90 Å². The van der Waals surface area contributed by atoms with Crippen molar-refractivity contribution in [1.82, 2.24) is 0 Å². The molecule has 0 saturated heterocycles. The van der Waals surface area contributed by atoms with Crippen LogP contribution in [0.5, 0.6) is 0 Å². The highest BCUT2D eigenvalue weighted by Gasteiger charge is 1.89. The zero-order valence-electron chi connectivity index (χ0n) is 5.09. The van der Waals surface area contributed by atoms with Crippen LogP contribution in [0.4, 0.5) is 0 Å². The summed E-state index contributed by atoms with van der Waals surface area (Å²) in [6.07, 6.45) is 0. The van der Waals surface area contributed by atoms with E-state index in [-0.39, 0.29) is 0 Å². The SMILES string of the molecule is NCc1ccc([SH2+])cc1. The van der Waals surface area contributed by atoms with E-state index in [1.807, 2.05) is 24.3 Å². The van der Waals surface area contributed by atoms with Crippen molar-refractivity contribution in [2.24, 2.45) is 5.73 Å². The Morgan fingerprint density at radius 1 is 1.22 bits per heavy atom. The van der Waals surface area contributed by atoms with E-state index in [1.54, 1.807) is 0 Å². The topological polar surface area (TPSA) is 26.0 Å². The summed E-state index contributed by atoms with van der Waals surface area (Å²) in [5, 5.41) is 0. The summed E-state index contributed by atoms with van der Waals surface area (Å²) in [7, 11) is 0. The van der Waals surface area contributed by atoms with Crippen molar-refractivity contribution in [3.63, 3.8) is 0 Å². The van der Waals surface area contributed by atoms with Gasteiger partial charge in [-0.3, -0.25) is 0 Å². The van der Waals surface area contributed by atoms with E-state index < -0.39 is 0 Å². The molecular weight excluding hydrogens is 130 g/mol. The van der Waals surface area contributed by atoms with E-state index in [9.17, 15) is 0 Å². The van der Waals surface area contributed by atoms with Crippen molar-refractivity contribution < 1.29 is 0 Å². The summed E-state index contributed by atoms with van der Waals surface area (Å²) in [6, 6.07) is 7.98. The van der Waals surface area contributed by atoms with Gasteiger partial charge in [0, 0.05) is 6.54 Å². The Morgan fingerprint density at radius 3 is 2.22 bits per heavy atom. The van der Waals surface area contributed by atoms with Crippen LogP contribution in [0.2, 0.25) is 0 Å². The van der Waals surface area contributed by atoms with Crippen molar-refractivity contribution in [3.05, 3.63) is 29.8 Å². The standard InChI is InChI=1S/C7H9NS/c8-5-6-1-3-7(9)4-2-6/h1-4,9H,5,8H2/p+1. The predicted molar refractivity (Wildman–Crippen MR) is 42.8 cm³/mol. The Bertz CT molecular complexity index is 181. The molecule has 48 valence electrons. The smallest absolute Gasteiger partial charge is 0.150 e. The molecule has 0 atom stereocenters. The monoisotopic (exact) mass is 140 g/mol. The minimum absolute atomic E-state index is 0.618. The van der Waals surface area contributed by atoms with Crippen molar-refractivity contribution >= 4 is 12.6 Å². The molecule has 0 amide bonds. The van der Waals surface area contributed by atoms with Crippen LogP contribution in [0.25, 0.3) is 0 Å². The molecule has 0 heterocycles. The minimum Gasteiger partial charge on any atom is -0.326 e. The second kappa shape index (κ2) is 2.90. The molecule has 1 aromatic rings. The first kappa shape index (κ1) is 6.65. The first-order valence-electron chi connectivity index (χ1n) is 2.83. The molecule has 9 heavy (non-hydrogen) atoms. The molecule has 2 heteroatoms. The average molecular weight is 140 g/mol. The summed E-state index contributed by atoms with van der Waals surface area (Å²) >= 11 is 3.38. The highest BCUT2D eigenvalue weighted by molar-refractivity contribution is 7.58. The fourth-order valence-electron chi connectivity index (χ4n) is 0.641. The Hall–Kier alpha value is -0.470. The number of nitrogens with two attached hydrogens (primary N) is 1. The first-order chi connectivity index (χ1) is 4.33. The van der Waals surface area contributed by atoms with Gasteiger partial charge < -0.3 is 5.73 Å². The number of hydrogen-bond donors (Lipinski definition) is 1. The molecule has 0 aliphatic carbocycles. The fourth-order valence-corrected chi connectivity index (χ4v) is 0.807. The number of hydrogen-bond acceptors (Lipinski definition) is 1. The van der Waals surface area contributed by atoms with Gasteiger partial charge in [-0.05, 0) is 30.3 Å². The molecule has 0 bridgehead atoms. The second-order valence-corrected chi connectivity index (χ2v) is 2.48. The average Bonchev–Trinajstić information content (AvgIpc) is 1.90. The van der Waals surface area contributed by atoms with Crippen LogP contribution in [0, 0.1) is 0 Å². The highest BCUT2D eigenvalue weighted by Crippen LogP contribution is 2.01. The quantitative estimate of drug-likeness (QED) is 0.565. The van der Waals surface area contributed by atoms with Crippen LogP contribution in [0.15, 0.2) is 29.2 Å². The largest absolute Gasteiger partial charge is 0.326 e. The Labute approximate surface area is 60.3 Å². The van der Waals surface area contributed by atoms with Gasteiger partial charge in [0.15, 0.2) is 0 Å². The molecular formula is C7H10NS+. The lowest BCUT2D eigenvalue weighted by Gasteiger charge is -1.91. The van der Waals surface area contributed by atoms with Crippen LogP contribution >= 0.6 is 0 Å². The lowest BCUT2D eigenvalue weighted by atomic mass is 10.2. The van der Waals surface area contributed by atoms with E-state index in [4.69, 9.17) is 5.73 Å². The zero-order valence-corrected chi connectivity index (χ0v) is 6.09. The predicted octanol–water partition coefficient (Wildman–Crippen LogP) is 0.516. The van der Waals surface area contributed by atoms with Gasteiger partial charge in [-0.15, -0.1) is 0 Å². The molecule has 0 saturated carbocycles. The molecule has 0 radical (unpaired) electrons. The van der Waals surface area contributed by atoms with Gasteiger partial charge in [-0.1, -0.05) is 12.1 Å². The van der Waals surface area contributed by atoms with E-state index in [1.165, 1.54) is 0 Å². The van der Waals surface area contributed by atoms with Crippen molar-refractivity contribution in [1.29, 1.82) is 0 Å². The Morgan fingerprint density at radius 2 is 1.78 bits per heavy atom. The molecule has 1 nitrogen and oxygen atoms in total. The lowest BCUT2D eigenvalue weighted by molar-refractivity contribution is 1.07. The van der Waals surface area contributed by atoms with Crippen LogP contribution in [-0.2, 0) is 19.2 Å². The fraction of sp³-hybridized carbons (Fsp3) is 0.143. The number of benzene rings is 1. The van der Waals surface area contributed by atoms with Gasteiger partial charge in [0.2, 0.25) is 0 Å². The molecule has 0 spiro atoms. The summed E-state index contributed by atoms with van der Waals surface area (Å²) < 4.78 is 0. The molecule has 0 unspecified atom stereocenters. The van der Waals surface area contributed by atoms with Gasteiger partial charge in [-0.2, -0.15) is 0 Å². The third-order valence-corrected chi connectivity index (χ3v) is 1.52. The zero-order chi connectivity index (χ0) is 6.69. The van der Waals surface area contributed by atoms with Gasteiger partial charge >= 0.3 is 0 Å².